The Labute approximate surface area is 133 Å². The molecule has 0 aliphatic carbocycles. The fourth-order valence-corrected chi connectivity index (χ4v) is 2.33. The molecule has 0 saturated carbocycles. The van der Waals surface area contributed by atoms with Gasteiger partial charge < -0.3 is 10.4 Å². The number of aliphatic hydroxyl groups is 1. The van der Waals surface area contributed by atoms with Gasteiger partial charge in [-0.2, -0.15) is 0 Å². The van der Waals surface area contributed by atoms with Crippen LogP contribution in [0.3, 0.4) is 0 Å². The van der Waals surface area contributed by atoms with Gasteiger partial charge in [0.1, 0.15) is 11.4 Å². The molecular formula is C16H16Cl2FNO. The third-order valence-corrected chi connectivity index (χ3v) is 4.21. The van der Waals surface area contributed by atoms with E-state index in [0.717, 1.165) is 5.69 Å². The predicted molar refractivity (Wildman–Crippen MR) is 85.5 cm³/mol. The van der Waals surface area contributed by atoms with Crippen LogP contribution in [0.4, 0.5) is 10.1 Å². The fourth-order valence-electron chi connectivity index (χ4n) is 2.03. The maximum Gasteiger partial charge on any atom is 0.123 e. The SMILES string of the molecule is CCC(O)(CNc1ccc(F)cc1)c1ccc(Cl)c(Cl)c1. The highest BCUT2D eigenvalue weighted by molar-refractivity contribution is 6.42. The van der Waals surface area contributed by atoms with Gasteiger partial charge in [0, 0.05) is 12.2 Å². The lowest BCUT2D eigenvalue weighted by Gasteiger charge is -2.28. The van der Waals surface area contributed by atoms with E-state index in [1.165, 1.54) is 12.1 Å². The van der Waals surface area contributed by atoms with Crippen molar-refractivity contribution in [3.63, 3.8) is 0 Å². The van der Waals surface area contributed by atoms with E-state index in [4.69, 9.17) is 23.2 Å². The van der Waals surface area contributed by atoms with Gasteiger partial charge in [-0.15, -0.1) is 0 Å². The molecule has 1 atom stereocenters. The monoisotopic (exact) mass is 327 g/mol. The van der Waals surface area contributed by atoms with Gasteiger partial charge in [0.25, 0.3) is 0 Å². The van der Waals surface area contributed by atoms with Crippen molar-refractivity contribution < 1.29 is 9.50 Å². The number of halogens is 3. The highest BCUT2D eigenvalue weighted by atomic mass is 35.5. The van der Waals surface area contributed by atoms with Crippen molar-refractivity contribution in [2.45, 2.75) is 18.9 Å². The summed E-state index contributed by atoms with van der Waals surface area (Å²) in [5.41, 5.74) is 0.347. The molecule has 0 saturated heterocycles. The third-order valence-electron chi connectivity index (χ3n) is 3.47. The zero-order chi connectivity index (χ0) is 15.5. The van der Waals surface area contributed by atoms with Gasteiger partial charge in [-0.3, -0.25) is 0 Å². The summed E-state index contributed by atoms with van der Waals surface area (Å²) in [6.07, 6.45) is 0.499. The Kier molecular flexibility index (Phi) is 5.09. The second-order valence-electron chi connectivity index (χ2n) is 4.87. The normalized spacial score (nSPS) is 13.8. The summed E-state index contributed by atoms with van der Waals surface area (Å²) in [6, 6.07) is 11.1. The Morgan fingerprint density at radius 2 is 1.76 bits per heavy atom. The van der Waals surface area contributed by atoms with Crippen LogP contribution >= 0.6 is 23.2 Å². The van der Waals surface area contributed by atoms with E-state index in [0.29, 0.717) is 22.0 Å². The number of rotatable bonds is 5. The highest BCUT2D eigenvalue weighted by Gasteiger charge is 2.27. The van der Waals surface area contributed by atoms with Crippen LogP contribution in [-0.4, -0.2) is 11.7 Å². The first kappa shape index (κ1) is 16.1. The quantitative estimate of drug-likeness (QED) is 0.823. The van der Waals surface area contributed by atoms with Gasteiger partial charge in [-0.05, 0) is 48.4 Å². The van der Waals surface area contributed by atoms with Crippen LogP contribution in [0.2, 0.25) is 10.0 Å². The third kappa shape index (κ3) is 3.88. The Balaban J connectivity index is 2.16. The smallest absolute Gasteiger partial charge is 0.123 e. The highest BCUT2D eigenvalue weighted by Crippen LogP contribution is 2.31. The molecule has 0 aromatic heterocycles. The van der Waals surface area contributed by atoms with Crippen molar-refractivity contribution in [1.29, 1.82) is 0 Å². The van der Waals surface area contributed by atoms with Gasteiger partial charge in [-0.25, -0.2) is 4.39 Å². The average Bonchev–Trinajstić information content (AvgIpc) is 2.49. The molecule has 2 aromatic rings. The van der Waals surface area contributed by atoms with Crippen molar-refractivity contribution in [3.05, 3.63) is 63.9 Å². The van der Waals surface area contributed by atoms with Crippen molar-refractivity contribution in [1.82, 2.24) is 0 Å². The Morgan fingerprint density at radius 3 is 2.33 bits per heavy atom. The van der Waals surface area contributed by atoms with Crippen molar-refractivity contribution >= 4 is 28.9 Å². The topological polar surface area (TPSA) is 32.3 Å². The summed E-state index contributed by atoms with van der Waals surface area (Å²) in [5, 5.41) is 14.7. The van der Waals surface area contributed by atoms with Crippen molar-refractivity contribution in [2.75, 3.05) is 11.9 Å². The van der Waals surface area contributed by atoms with Gasteiger partial charge >= 0.3 is 0 Å². The minimum atomic E-state index is -1.08. The Bertz CT molecular complexity index is 618. The van der Waals surface area contributed by atoms with Gasteiger partial charge in [0.2, 0.25) is 0 Å². The van der Waals surface area contributed by atoms with Crippen molar-refractivity contribution in [3.8, 4) is 0 Å². The molecule has 2 rings (SSSR count). The molecule has 0 aliphatic rings. The van der Waals surface area contributed by atoms with Crippen LogP contribution in [-0.2, 0) is 5.60 Å². The number of anilines is 1. The maximum absolute atomic E-state index is 12.9. The average molecular weight is 328 g/mol. The molecule has 0 radical (unpaired) electrons. The summed E-state index contributed by atoms with van der Waals surface area (Å²) < 4.78 is 12.9. The molecule has 0 amide bonds. The summed E-state index contributed by atoms with van der Waals surface area (Å²) in [4.78, 5) is 0. The first-order valence-electron chi connectivity index (χ1n) is 6.62. The molecule has 5 heteroatoms. The fraction of sp³-hybridized carbons (Fsp3) is 0.250. The van der Waals surface area contributed by atoms with Gasteiger partial charge in [0.05, 0.1) is 10.0 Å². The molecular weight excluding hydrogens is 312 g/mol. The van der Waals surface area contributed by atoms with E-state index >= 15 is 0 Å². The zero-order valence-corrected chi connectivity index (χ0v) is 13.0. The van der Waals surface area contributed by atoms with Crippen LogP contribution in [0.5, 0.6) is 0 Å². The molecule has 1 unspecified atom stereocenters. The summed E-state index contributed by atoms with van der Waals surface area (Å²) in [7, 11) is 0. The second-order valence-corrected chi connectivity index (χ2v) is 5.69. The maximum atomic E-state index is 12.9. The van der Waals surface area contributed by atoms with Crippen LogP contribution in [0.15, 0.2) is 42.5 Å². The first-order valence-corrected chi connectivity index (χ1v) is 7.37. The van der Waals surface area contributed by atoms with E-state index < -0.39 is 5.60 Å². The largest absolute Gasteiger partial charge is 0.383 e. The number of hydrogen-bond donors (Lipinski definition) is 2. The summed E-state index contributed by atoms with van der Waals surface area (Å²) in [6.45, 7) is 2.17. The van der Waals surface area contributed by atoms with E-state index in [2.05, 4.69) is 5.32 Å². The Morgan fingerprint density at radius 1 is 1.10 bits per heavy atom. The molecule has 21 heavy (non-hydrogen) atoms. The lowest BCUT2D eigenvalue weighted by atomic mass is 9.91. The van der Waals surface area contributed by atoms with Crippen LogP contribution in [0.25, 0.3) is 0 Å². The molecule has 112 valence electrons. The molecule has 0 fully saturated rings. The molecule has 0 aliphatic heterocycles. The van der Waals surface area contributed by atoms with Crippen molar-refractivity contribution in [2.24, 2.45) is 0 Å². The van der Waals surface area contributed by atoms with E-state index in [1.807, 2.05) is 6.92 Å². The van der Waals surface area contributed by atoms with Gasteiger partial charge in [-0.1, -0.05) is 36.2 Å². The summed E-state index contributed by atoms with van der Waals surface area (Å²) in [5.74, 6) is -0.296. The summed E-state index contributed by atoms with van der Waals surface area (Å²) >= 11 is 11.9. The predicted octanol–water partition coefficient (Wildman–Crippen LogP) is 4.84. The number of hydrogen-bond acceptors (Lipinski definition) is 2. The second kappa shape index (κ2) is 6.65. The molecule has 2 nitrogen and oxygen atoms in total. The number of nitrogens with one attached hydrogen (secondary N) is 1. The minimum absolute atomic E-state index is 0.285. The molecule has 0 bridgehead atoms. The van der Waals surface area contributed by atoms with E-state index in [1.54, 1.807) is 30.3 Å². The lowest BCUT2D eigenvalue weighted by molar-refractivity contribution is 0.0464. The van der Waals surface area contributed by atoms with Crippen LogP contribution in [0.1, 0.15) is 18.9 Å². The lowest BCUT2D eigenvalue weighted by Crippen LogP contribution is -2.33. The van der Waals surface area contributed by atoms with Crippen LogP contribution in [0, 0.1) is 5.82 Å². The van der Waals surface area contributed by atoms with E-state index in [-0.39, 0.29) is 12.4 Å². The zero-order valence-electron chi connectivity index (χ0n) is 11.5. The Hall–Kier alpha value is -1.29. The first-order chi connectivity index (χ1) is 9.94. The molecule has 2 N–H and O–H groups in total. The molecule has 2 aromatic carbocycles. The standard InChI is InChI=1S/C16H16Cl2FNO/c1-2-16(21,11-3-8-14(17)15(18)9-11)10-20-13-6-4-12(19)5-7-13/h3-9,20-21H,2,10H2,1H3. The van der Waals surface area contributed by atoms with Crippen LogP contribution < -0.4 is 5.32 Å². The van der Waals surface area contributed by atoms with E-state index in [9.17, 15) is 9.50 Å². The van der Waals surface area contributed by atoms with Gasteiger partial charge in [0.15, 0.2) is 0 Å². The molecule has 0 heterocycles. The molecule has 0 spiro atoms. The number of benzene rings is 2. The minimum Gasteiger partial charge on any atom is -0.383 e.